The van der Waals surface area contributed by atoms with Crippen LogP contribution in [0, 0.1) is 0 Å². The number of hydrogen-bond donors (Lipinski definition) is 8. The van der Waals surface area contributed by atoms with Crippen molar-refractivity contribution in [2.75, 3.05) is 36.6 Å². The molecule has 22 heteroatoms. The van der Waals surface area contributed by atoms with E-state index in [9.17, 15) is 45.9 Å². The molecule has 1 heterocycles. The van der Waals surface area contributed by atoms with E-state index in [0.717, 1.165) is 23.6 Å². The Labute approximate surface area is 316 Å². The molecule has 0 aromatic heterocycles. The Morgan fingerprint density at radius 1 is 0.907 bits per heavy atom. The summed E-state index contributed by atoms with van der Waals surface area (Å²) in [7, 11) is -7.68. The van der Waals surface area contributed by atoms with Crippen molar-refractivity contribution in [3.8, 4) is 5.75 Å². The quantitative estimate of drug-likeness (QED) is 0.0386. The molecule has 0 bridgehead atoms. The fraction of sp³-hybridized carbons (Fsp3) is 0.438. The first-order valence-corrected chi connectivity index (χ1v) is 21.1. The van der Waals surface area contributed by atoms with E-state index in [1.54, 1.807) is 30.3 Å². The lowest BCUT2D eigenvalue weighted by atomic mass is 10.1. The second-order valence-electron chi connectivity index (χ2n) is 12.1. The Balaban J connectivity index is 1.89. The number of nitrogens with one attached hydrogen (secondary N) is 5. The number of carboxylic acids is 1. The lowest BCUT2D eigenvalue weighted by Gasteiger charge is -2.29. The van der Waals surface area contributed by atoms with Crippen LogP contribution in [-0.4, -0.2) is 118 Å². The number of aliphatic imine (C=N–C) groups is 1. The van der Waals surface area contributed by atoms with Crippen molar-refractivity contribution in [1.29, 1.82) is 0 Å². The van der Waals surface area contributed by atoms with Gasteiger partial charge in [0.15, 0.2) is 15.8 Å². The first-order valence-electron chi connectivity index (χ1n) is 16.5. The molecule has 0 unspecified atom stereocenters. The summed E-state index contributed by atoms with van der Waals surface area (Å²) >= 11 is 1.09. The van der Waals surface area contributed by atoms with Crippen LogP contribution >= 0.6 is 11.8 Å². The van der Waals surface area contributed by atoms with Crippen molar-refractivity contribution in [2.45, 2.75) is 54.9 Å². The zero-order chi connectivity index (χ0) is 39.9. The number of benzene rings is 2. The maximum absolute atomic E-state index is 13.9. The van der Waals surface area contributed by atoms with Crippen LogP contribution in [0.1, 0.15) is 24.8 Å². The SMILES string of the molecule is CS(=O)(=O)Oc1ccc(S(=O)(=O)CCSC[C@@H]2N[C@@H](Cc3ccccc3)NC(=O)[C@H](CC(=O)O)NC(=O)CNC(=O)[C@H](CCCN=C(N)N)NC2=O)cc1. The number of rotatable bonds is 16. The van der Waals surface area contributed by atoms with Crippen LogP contribution in [-0.2, 0) is 50.3 Å². The van der Waals surface area contributed by atoms with E-state index in [0.29, 0.717) is 0 Å². The second kappa shape index (κ2) is 20.5. The number of nitrogens with two attached hydrogens (primary N) is 2. The minimum atomic E-state index is -3.86. The summed E-state index contributed by atoms with van der Waals surface area (Å²) in [5, 5.41) is 22.6. The Hall–Kier alpha value is -4.93. The fourth-order valence-electron chi connectivity index (χ4n) is 5.05. The first kappa shape index (κ1) is 43.5. The van der Waals surface area contributed by atoms with Gasteiger partial charge in [0.25, 0.3) is 0 Å². The predicted octanol–water partition coefficient (Wildman–Crippen LogP) is -2.20. The van der Waals surface area contributed by atoms with Gasteiger partial charge in [0, 0.05) is 24.5 Å². The number of sulfone groups is 1. The van der Waals surface area contributed by atoms with Crippen LogP contribution in [0.25, 0.3) is 0 Å². The smallest absolute Gasteiger partial charge is 0.306 e. The molecule has 3 rings (SSSR count). The number of nitrogens with zero attached hydrogens (tertiary/aromatic N) is 1. The highest BCUT2D eigenvalue weighted by atomic mass is 32.2. The maximum atomic E-state index is 13.9. The minimum absolute atomic E-state index is 0.000240. The molecule has 54 heavy (non-hydrogen) atoms. The molecule has 1 saturated heterocycles. The molecule has 4 atom stereocenters. The summed E-state index contributed by atoms with van der Waals surface area (Å²) in [6.07, 6.45) is -0.538. The lowest BCUT2D eigenvalue weighted by Crippen LogP contribution is -2.62. The first-order chi connectivity index (χ1) is 25.4. The largest absolute Gasteiger partial charge is 0.481 e. The predicted molar refractivity (Wildman–Crippen MR) is 199 cm³/mol. The Morgan fingerprint density at radius 3 is 2.20 bits per heavy atom. The summed E-state index contributed by atoms with van der Waals surface area (Å²) in [6, 6.07) is 9.79. The van der Waals surface area contributed by atoms with Gasteiger partial charge in [0.1, 0.15) is 17.8 Å². The summed E-state index contributed by atoms with van der Waals surface area (Å²) < 4.78 is 53.7. The topological polar surface area (TPSA) is 308 Å². The number of aliphatic carboxylic acids is 1. The summed E-state index contributed by atoms with van der Waals surface area (Å²) in [4.78, 5) is 68.7. The molecule has 4 amide bonds. The highest BCUT2D eigenvalue weighted by Gasteiger charge is 2.32. The zero-order valence-electron chi connectivity index (χ0n) is 29.2. The van der Waals surface area contributed by atoms with Gasteiger partial charge in [-0.15, -0.1) is 0 Å². The van der Waals surface area contributed by atoms with Gasteiger partial charge >= 0.3 is 16.1 Å². The van der Waals surface area contributed by atoms with Crippen molar-refractivity contribution < 1.29 is 50.1 Å². The Bertz CT molecular complexity index is 1880. The molecule has 2 aromatic carbocycles. The number of thioether (sulfide) groups is 1. The average molecular weight is 813 g/mol. The molecule has 19 nitrogen and oxygen atoms in total. The van der Waals surface area contributed by atoms with E-state index in [2.05, 4.69) is 31.6 Å². The third kappa shape index (κ3) is 15.6. The van der Waals surface area contributed by atoms with E-state index in [1.807, 2.05) is 0 Å². The third-order valence-corrected chi connectivity index (χ3v) is 11.1. The molecule has 1 aliphatic rings. The van der Waals surface area contributed by atoms with E-state index in [4.69, 9.17) is 15.7 Å². The number of hydrogen-bond acceptors (Lipinski definition) is 13. The number of amides is 4. The van der Waals surface area contributed by atoms with Crippen molar-refractivity contribution in [3.05, 3.63) is 60.2 Å². The summed E-state index contributed by atoms with van der Waals surface area (Å²) in [5.41, 5.74) is 11.5. The van der Waals surface area contributed by atoms with E-state index >= 15 is 0 Å². The molecule has 296 valence electrons. The van der Waals surface area contributed by atoms with Gasteiger partial charge in [-0.05, 0) is 42.7 Å². The summed E-state index contributed by atoms with van der Waals surface area (Å²) in [5.74, 6) is -5.18. The van der Waals surface area contributed by atoms with Crippen LogP contribution in [0.3, 0.4) is 0 Å². The standard InChI is InChI=1S/C32H44N8O11S3/c1-53(47,48)51-21-9-11-22(12-10-21)54(49,50)15-14-52-19-25-31(46)39-23(8-5-13-35-32(33)34)29(44)36-18-27(41)38-24(17-28(42)43)30(45)40-26(37-25)16-20-6-3-2-4-7-20/h2-4,6-7,9-12,23-26,37H,5,8,13-19H2,1H3,(H,36,44)(H,38,41)(H,39,46)(H,40,45)(H,42,43)(H4,33,34,35)/t23-,24-,25-,26+/m0/s1. The molecule has 0 spiro atoms. The molecular weight excluding hydrogens is 769 g/mol. The molecule has 1 fully saturated rings. The van der Waals surface area contributed by atoms with Crippen molar-refractivity contribution in [2.24, 2.45) is 16.5 Å². The van der Waals surface area contributed by atoms with Gasteiger partial charge in [-0.25, -0.2) is 8.42 Å². The van der Waals surface area contributed by atoms with Crippen molar-refractivity contribution in [3.63, 3.8) is 0 Å². The molecule has 0 saturated carbocycles. The monoisotopic (exact) mass is 812 g/mol. The fourth-order valence-corrected chi connectivity index (χ4v) is 8.29. The van der Waals surface area contributed by atoms with Gasteiger partial charge in [0.05, 0.1) is 42.1 Å². The normalized spacial score (nSPS) is 20.3. The van der Waals surface area contributed by atoms with E-state index in [1.165, 1.54) is 24.3 Å². The van der Waals surface area contributed by atoms with Crippen molar-refractivity contribution in [1.82, 2.24) is 26.6 Å². The second-order valence-corrected chi connectivity index (χ2v) is 16.9. The van der Waals surface area contributed by atoms with Gasteiger partial charge in [-0.3, -0.25) is 34.3 Å². The number of carboxylic acid groups (broad SMARTS) is 1. The minimum Gasteiger partial charge on any atom is -0.481 e. The van der Waals surface area contributed by atoms with Crippen LogP contribution < -0.4 is 42.2 Å². The van der Waals surface area contributed by atoms with Crippen LogP contribution in [0.5, 0.6) is 5.75 Å². The van der Waals surface area contributed by atoms with Gasteiger partial charge in [0.2, 0.25) is 23.6 Å². The molecule has 0 aliphatic carbocycles. The van der Waals surface area contributed by atoms with Gasteiger partial charge < -0.3 is 42.0 Å². The molecule has 2 aromatic rings. The Morgan fingerprint density at radius 2 is 1.57 bits per heavy atom. The number of carbonyl (C=O) groups is 5. The summed E-state index contributed by atoms with van der Waals surface area (Å²) in [6.45, 7) is -0.501. The molecular formula is C32H44N8O11S3. The molecule has 10 N–H and O–H groups in total. The third-order valence-electron chi connectivity index (χ3n) is 7.56. The number of carbonyl (C=O) groups excluding carboxylic acids is 4. The molecule has 0 radical (unpaired) electrons. The average Bonchev–Trinajstić information content (AvgIpc) is 3.08. The highest BCUT2D eigenvalue weighted by Crippen LogP contribution is 2.19. The van der Waals surface area contributed by atoms with Gasteiger partial charge in [-0.1, -0.05) is 30.3 Å². The van der Waals surface area contributed by atoms with Crippen LogP contribution in [0.2, 0.25) is 0 Å². The number of guanidine groups is 1. The molecule has 1 aliphatic heterocycles. The maximum Gasteiger partial charge on any atom is 0.306 e. The van der Waals surface area contributed by atoms with E-state index < -0.39 is 86.8 Å². The Kier molecular flexibility index (Phi) is 16.5. The van der Waals surface area contributed by atoms with Crippen molar-refractivity contribution >= 4 is 67.3 Å². The lowest BCUT2D eigenvalue weighted by molar-refractivity contribution is -0.141. The van der Waals surface area contributed by atoms with Crippen LogP contribution in [0.4, 0.5) is 0 Å². The van der Waals surface area contributed by atoms with Gasteiger partial charge in [-0.2, -0.15) is 20.2 Å². The van der Waals surface area contributed by atoms with Crippen LogP contribution in [0.15, 0.2) is 64.5 Å². The highest BCUT2D eigenvalue weighted by molar-refractivity contribution is 8.00. The van der Waals surface area contributed by atoms with E-state index in [-0.39, 0.29) is 59.7 Å². The zero-order valence-corrected chi connectivity index (χ0v) is 31.7.